The van der Waals surface area contributed by atoms with Crippen LogP contribution in [0.1, 0.15) is 6.42 Å². The lowest BCUT2D eigenvalue weighted by Crippen LogP contribution is -2.24. The van der Waals surface area contributed by atoms with Crippen LogP contribution in [0, 0.1) is 0 Å². The van der Waals surface area contributed by atoms with Crippen LogP contribution in [0.4, 0.5) is 11.5 Å². The zero-order valence-electron chi connectivity index (χ0n) is 15.9. The molecule has 146 valence electrons. The van der Waals surface area contributed by atoms with Crippen LogP contribution < -0.4 is 10.2 Å². The van der Waals surface area contributed by atoms with Crippen molar-refractivity contribution in [1.29, 1.82) is 0 Å². The number of thiophene rings is 1. The van der Waals surface area contributed by atoms with Crippen molar-refractivity contribution in [1.82, 2.24) is 9.97 Å². The largest absolute Gasteiger partial charge is 0.506 e. The highest BCUT2D eigenvalue weighted by molar-refractivity contribution is 7.21. The minimum Gasteiger partial charge on any atom is -0.506 e. The molecule has 0 radical (unpaired) electrons. The molecule has 0 saturated carbocycles. The fraction of sp³-hybridized carbons (Fsp3) is 0.136. The molecule has 4 aromatic rings. The van der Waals surface area contributed by atoms with E-state index in [1.54, 1.807) is 41.9 Å². The summed E-state index contributed by atoms with van der Waals surface area (Å²) in [7, 11) is 1.91. The van der Waals surface area contributed by atoms with Gasteiger partial charge in [-0.05, 0) is 23.8 Å². The van der Waals surface area contributed by atoms with Crippen LogP contribution in [0.15, 0.2) is 67.0 Å². The second kappa shape index (κ2) is 8.28. The van der Waals surface area contributed by atoms with Crippen molar-refractivity contribution in [3.63, 3.8) is 0 Å². The molecule has 0 fully saturated rings. The van der Waals surface area contributed by atoms with E-state index in [2.05, 4.69) is 33.5 Å². The minimum absolute atomic E-state index is 0.0541. The first-order valence-corrected chi connectivity index (χ1v) is 10.0. The van der Waals surface area contributed by atoms with Crippen molar-refractivity contribution < 1.29 is 9.90 Å². The quantitative estimate of drug-likeness (QED) is 0.462. The molecule has 29 heavy (non-hydrogen) atoms. The summed E-state index contributed by atoms with van der Waals surface area (Å²) in [5.74, 6) is 0.682. The number of carbonyl (C=O) groups excluding carboxylic acids is 1. The van der Waals surface area contributed by atoms with Gasteiger partial charge in [0, 0.05) is 24.9 Å². The molecule has 2 heterocycles. The average Bonchev–Trinajstić information content (AvgIpc) is 3.19. The lowest BCUT2D eigenvalue weighted by molar-refractivity contribution is -0.116. The first-order chi connectivity index (χ1) is 14.1. The van der Waals surface area contributed by atoms with E-state index in [4.69, 9.17) is 0 Å². The number of fused-ring (bicyclic) bond motifs is 1. The van der Waals surface area contributed by atoms with Crippen molar-refractivity contribution in [2.45, 2.75) is 6.42 Å². The molecule has 7 heteroatoms. The van der Waals surface area contributed by atoms with E-state index in [1.165, 1.54) is 0 Å². The Hall–Kier alpha value is -3.45. The number of nitrogens with zero attached hydrogens (tertiary/aromatic N) is 3. The zero-order chi connectivity index (χ0) is 20.2. The van der Waals surface area contributed by atoms with Gasteiger partial charge in [-0.3, -0.25) is 4.79 Å². The molecule has 0 aliphatic heterocycles. The third-order valence-corrected chi connectivity index (χ3v) is 5.67. The highest BCUT2D eigenvalue weighted by Crippen LogP contribution is 2.35. The van der Waals surface area contributed by atoms with Crippen molar-refractivity contribution in [3.8, 4) is 16.2 Å². The molecular formula is C22H20N4O2S. The second-order valence-electron chi connectivity index (χ2n) is 6.63. The Morgan fingerprint density at radius 2 is 1.86 bits per heavy atom. The van der Waals surface area contributed by atoms with Gasteiger partial charge < -0.3 is 15.3 Å². The standard InChI is InChI=1S/C22H20N4O2S/c1-26(12-11-20(28)25-17-9-5-6-10-18(17)27)21-16-13-19(15-7-3-2-4-8-15)29-22(16)24-14-23-21/h2-10,13-14,27H,11-12H2,1H3,(H,25,28). The molecule has 1 amide bonds. The maximum atomic E-state index is 12.3. The molecular weight excluding hydrogens is 384 g/mol. The Morgan fingerprint density at radius 1 is 1.10 bits per heavy atom. The molecule has 2 N–H and O–H groups in total. The monoisotopic (exact) mass is 404 g/mol. The van der Waals surface area contributed by atoms with E-state index in [0.29, 0.717) is 12.2 Å². The third kappa shape index (κ3) is 4.20. The molecule has 0 bridgehead atoms. The summed E-state index contributed by atoms with van der Waals surface area (Å²) in [6.45, 7) is 0.488. The van der Waals surface area contributed by atoms with Crippen molar-refractivity contribution in [3.05, 3.63) is 67.0 Å². The molecule has 6 nitrogen and oxygen atoms in total. The van der Waals surface area contributed by atoms with E-state index >= 15 is 0 Å². The number of hydrogen-bond acceptors (Lipinski definition) is 6. The summed E-state index contributed by atoms with van der Waals surface area (Å²) >= 11 is 1.62. The highest BCUT2D eigenvalue weighted by atomic mass is 32.1. The van der Waals surface area contributed by atoms with Gasteiger partial charge in [-0.2, -0.15) is 0 Å². The Kier molecular flexibility index (Phi) is 5.39. The number of para-hydroxylation sites is 2. The number of rotatable bonds is 6. The molecule has 2 aromatic heterocycles. The number of aromatic nitrogens is 2. The fourth-order valence-electron chi connectivity index (χ4n) is 3.06. The van der Waals surface area contributed by atoms with Gasteiger partial charge in [-0.1, -0.05) is 42.5 Å². The predicted molar refractivity (Wildman–Crippen MR) is 117 cm³/mol. The maximum Gasteiger partial charge on any atom is 0.226 e. The number of benzene rings is 2. The van der Waals surface area contributed by atoms with E-state index < -0.39 is 0 Å². The Balaban J connectivity index is 1.48. The van der Waals surface area contributed by atoms with E-state index in [-0.39, 0.29) is 18.1 Å². The predicted octanol–water partition coefficient (Wildman–Crippen LogP) is 4.53. The Labute approximate surface area is 172 Å². The van der Waals surface area contributed by atoms with Gasteiger partial charge >= 0.3 is 0 Å². The van der Waals surface area contributed by atoms with Gasteiger partial charge in [0.15, 0.2) is 0 Å². The lowest BCUT2D eigenvalue weighted by Gasteiger charge is -2.18. The lowest BCUT2D eigenvalue weighted by atomic mass is 10.2. The van der Waals surface area contributed by atoms with Crippen molar-refractivity contribution in [2.75, 3.05) is 23.8 Å². The number of nitrogens with one attached hydrogen (secondary N) is 1. The van der Waals surface area contributed by atoms with Crippen LogP contribution >= 0.6 is 11.3 Å². The summed E-state index contributed by atoms with van der Waals surface area (Å²) in [5.41, 5.74) is 1.56. The molecule has 0 spiro atoms. The molecule has 4 rings (SSSR count). The Morgan fingerprint density at radius 3 is 2.66 bits per heavy atom. The zero-order valence-corrected chi connectivity index (χ0v) is 16.7. The van der Waals surface area contributed by atoms with E-state index in [0.717, 1.165) is 26.5 Å². The van der Waals surface area contributed by atoms with Gasteiger partial charge in [0.05, 0.1) is 11.1 Å². The van der Waals surface area contributed by atoms with Crippen LogP contribution in [-0.2, 0) is 4.79 Å². The summed E-state index contributed by atoms with van der Waals surface area (Å²) in [5, 5.41) is 13.5. The van der Waals surface area contributed by atoms with Crippen LogP contribution in [0.3, 0.4) is 0 Å². The van der Waals surface area contributed by atoms with Crippen molar-refractivity contribution >= 4 is 39.0 Å². The number of aromatic hydroxyl groups is 1. The first kappa shape index (κ1) is 18.9. The number of phenolic OH excluding ortho intramolecular Hbond substituents is 1. The fourth-order valence-corrected chi connectivity index (χ4v) is 4.06. The van der Waals surface area contributed by atoms with Gasteiger partial charge in [-0.25, -0.2) is 9.97 Å². The molecule has 0 atom stereocenters. The molecule has 0 aliphatic carbocycles. The summed E-state index contributed by atoms with van der Waals surface area (Å²) in [6.07, 6.45) is 1.83. The topological polar surface area (TPSA) is 78.4 Å². The normalized spacial score (nSPS) is 10.8. The number of anilines is 2. The average molecular weight is 404 g/mol. The third-order valence-electron chi connectivity index (χ3n) is 4.58. The van der Waals surface area contributed by atoms with Gasteiger partial charge in [0.25, 0.3) is 0 Å². The van der Waals surface area contributed by atoms with Gasteiger partial charge in [0.2, 0.25) is 5.91 Å². The van der Waals surface area contributed by atoms with Crippen LogP contribution in [0.2, 0.25) is 0 Å². The number of carbonyl (C=O) groups is 1. The maximum absolute atomic E-state index is 12.3. The van der Waals surface area contributed by atoms with E-state index in [9.17, 15) is 9.90 Å². The minimum atomic E-state index is -0.168. The number of hydrogen-bond donors (Lipinski definition) is 2. The molecule has 0 aliphatic rings. The SMILES string of the molecule is CN(CCC(=O)Nc1ccccc1O)c1ncnc2sc(-c3ccccc3)cc12. The van der Waals surface area contributed by atoms with Crippen molar-refractivity contribution in [2.24, 2.45) is 0 Å². The van der Waals surface area contributed by atoms with Crippen LogP contribution in [-0.4, -0.2) is 34.6 Å². The molecule has 0 unspecified atom stereocenters. The highest BCUT2D eigenvalue weighted by Gasteiger charge is 2.14. The Bertz CT molecular complexity index is 1140. The van der Waals surface area contributed by atoms with Crippen LogP contribution in [0.25, 0.3) is 20.7 Å². The molecule has 2 aromatic carbocycles. The van der Waals surface area contributed by atoms with Gasteiger partial charge in [-0.15, -0.1) is 11.3 Å². The summed E-state index contributed by atoms with van der Waals surface area (Å²) in [6, 6.07) is 19.0. The molecule has 0 saturated heterocycles. The van der Waals surface area contributed by atoms with Gasteiger partial charge in [0.1, 0.15) is 22.7 Å². The summed E-state index contributed by atoms with van der Waals surface area (Å²) in [4.78, 5) is 25.1. The first-order valence-electron chi connectivity index (χ1n) is 9.21. The number of amides is 1. The summed E-state index contributed by atoms with van der Waals surface area (Å²) < 4.78 is 0. The number of phenols is 1. The van der Waals surface area contributed by atoms with E-state index in [1.807, 2.05) is 30.1 Å². The second-order valence-corrected chi connectivity index (χ2v) is 7.66. The smallest absolute Gasteiger partial charge is 0.226 e. The van der Waals surface area contributed by atoms with Crippen LogP contribution in [0.5, 0.6) is 5.75 Å².